The van der Waals surface area contributed by atoms with Gasteiger partial charge in [0.2, 0.25) is 0 Å². The maximum Gasteiger partial charge on any atom is 0.190 e. The van der Waals surface area contributed by atoms with Crippen LogP contribution in [0, 0.1) is 0 Å². The zero-order chi connectivity index (χ0) is 12.5. The van der Waals surface area contributed by atoms with Gasteiger partial charge in [-0.2, -0.15) is 11.8 Å². The second kappa shape index (κ2) is 8.89. The zero-order valence-corrected chi connectivity index (χ0v) is 12.6. The molecular weight excluding hydrogens is 274 g/mol. The SMILES string of the molecule is CSCCCCCNc1cc(Cl)nc(SC)n1. The van der Waals surface area contributed by atoms with Gasteiger partial charge in [-0.3, -0.25) is 0 Å². The number of hydrogen-bond donors (Lipinski definition) is 1. The number of hydrogen-bond acceptors (Lipinski definition) is 5. The van der Waals surface area contributed by atoms with Crippen molar-refractivity contribution in [3.05, 3.63) is 11.2 Å². The normalized spacial score (nSPS) is 10.5. The lowest BCUT2D eigenvalue weighted by Crippen LogP contribution is -2.04. The lowest BCUT2D eigenvalue weighted by Gasteiger charge is -2.06. The first kappa shape index (κ1) is 14.9. The molecule has 6 heteroatoms. The first-order chi connectivity index (χ1) is 8.26. The van der Waals surface area contributed by atoms with Gasteiger partial charge in [-0.05, 0) is 31.1 Å². The van der Waals surface area contributed by atoms with Crippen molar-refractivity contribution in [1.82, 2.24) is 9.97 Å². The number of halogens is 1. The van der Waals surface area contributed by atoms with Gasteiger partial charge in [0.1, 0.15) is 11.0 Å². The molecule has 3 nitrogen and oxygen atoms in total. The number of thioether (sulfide) groups is 2. The molecule has 1 aromatic heterocycles. The average molecular weight is 292 g/mol. The molecule has 1 aromatic rings. The van der Waals surface area contributed by atoms with E-state index in [1.165, 1.54) is 30.4 Å². The van der Waals surface area contributed by atoms with Crippen LogP contribution in [0.15, 0.2) is 11.2 Å². The molecule has 0 atom stereocenters. The van der Waals surface area contributed by atoms with E-state index in [4.69, 9.17) is 11.6 Å². The van der Waals surface area contributed by atoms with E-state index in [1.807, 2.05) is 18.0 Å². The van der Waals surface area contributed by atoms with Crippen LogP contribution in [0.1, 0.15) is 19.3 Å². The molecule has 0 saturated carbocycles. The number of nitrogens with one attached hydrogen (secondary N) is 1. The lowest BCUT2D eigenvalue weighted by atomic mass is 10.2. The molecular formula is C11H18ClN3S2. The number of aromatic nitrogens is 2. The molecule has 1 heterocycles. The average Bonchev–Trinajstić information content (AvgIpc) is 2.33. The number of anilines is 1. The molecule has 0 unspecified atom stereocenters. The topological polar surface area (TPSA) is 37.8 Å². The van der Waals surface area contributed by atoms with E-state index < -0.39 is 0 Å². The van der Waals surface area contributed by atoms with Crippen LogP contribution in [0.3, 0.4) is 0 Å². The van der Waals surface area contributed by atoms with E-state index in [1.54, 1.807) is 6.07 Å². The van der Waals surface area contributed by atoms with Gasteiger partial charge in [0.25, 0.3) is 0 Å². The molecule has 0 aliphatic carbocycles. The van der Waals surface area contributed by atoms with Crippen molar-refractivity contribution in [3.8, 4) is 0 Å². The molecule has 0 bridgehead atoms. The highest BCUT2D eigenvalue weighted by Crippen LogP contribution is 2.17. The molecule has 0 spiro atoms. The third-order valence-corrected chi connectivity index (χ3v) is 3.63. The fourth-order valence-electron chi connectivity index (χ4n) is 1.34. The van der Waals surface area contributed by atoms with E-state index in [0.717, 1.165) is 18.8 Å². The van der Waals surface area contributed by atoms with Gasteiger partial charge in [-0.15, -0.1) is 0 Å². The van der Waals surface area contributed by atoms with Crippen LogP contribution in [0.4, 0.5) is 5.82 Å². The molecule has 1 N–H and O–H groups in total. The van der Waals surface area contributed by atoms with Crippen molar-refractivity contribution in [2.24, 2.45) is 0 Å². The van der Waals surface area contributed by atoms with Crippen molar-refractivity contribution >= 4 is 40.9 Å². The Labute approximate surface area is 117 Å². The Morgan fingerprint density at radius 2 is 2.06 bits per heavy atom. The molecule has 96 valence electrons. The van der Waals surface area contributed by atoms with Gasteiger partial charge in [-0.25, -0.2) is 9.97 Å². The number of unbranched alkanes of at least 4 members (excludes halogenated alkanes) is 2. The van der Waals surface area contributed by atoms with Crippen molar-refractivity contribution in [3.63, 3.8) is 0 Å². The molecule has 0 amide bonds. The third-order valence-electron chi connectivity index (χ3n) is 2.19. The Morgan fingerprint density at radius 1 is 1.24 bits per heavy atom. The highest BCUT2D eigenvalue weighted by Gasteiger charge is 2.01. The van der Waals surface area contributed by atoms with E-state index in [-0.39, 0.29) is 0 Å². The highest BCUT2D eigenvalue weighted by atomic mass is 35.5. The first-order valence-electron chi connectivity index (χ1n) is 5.57. The van der Waals surface area contributed by atoms with E-state index in [9.17, 15) is 0 Å². The third kappa shape index (κ3) is 6.38. The van der Waals surface area contributed by atoms with Gasteiger partial charge in [-0.1, -0.05) is 29.8 Å². The quantitative estimate of drug-likeness (QED) is 0.341. The lowest BCUT2D eigenvalue weighted by molar-refractivity contribution is 0.746. The monoisotopic (exact) mass is 291 g/mol. The van der Waals surface area contributed by atoms with Crippen LogP contribution in [0.5, 0.6) is 0 Å². The fraction of sp³-hybridized carbons (Fsp3) is 0.636. The number of nitrogens with zero attached hydrogens (tertiary/aromatic N) is 2. The summed E-state index contributed by atoms with van der Waals surface area (Å²) in [5.41, 5.74) is 0. The summed E-state index contributed by atoms with van der Waals surface area (Å²) in [4.78, 5) is 8.43. The van der Waals surface area contributed by atoms with Gasteiger partial charge >= 0.3 is 0 Å². The number of rotatable bonds is 8. The molecule has 0 saturated heterocycles. The summed E-state index contributed by atoms with van der Waals surface area (Å²) < 4.78 is 0. The minimum atomic E-state index is 0.495. The second-order valence-electron chi connectivity index (χ2n) is 3.54. The molecule has 17 heavy (non-hydrogen) atoms. The second-order valence-corrected chi connectivity index (χ2v) is 5.69. The fourth-order valence-corrected chi connectivity index (χ4v) is 2.45. The van der Waals surface area contributed by atoms with Crippen molar-refractivity contribution < 1.29 is 0 Å². The Hall–Kier alpha value is -0.130. The predicted molar refractivity (Wildman–Crippen MR) is 79.5 cm³/mol. The predicted octanol–water partition coefficient (Wildman–Crippen LogP) is 3.80. The van der Waals surface area contributed by atoms with Crippen LogP contribution < -0.4 is 5.32 Å². The molecule has 0 fully saturated rings. The van der Waals surface area contributed by atoms with Gasteiger partial charge in [0, 0.05) is 12.6 Å². The Balaban J connectivity index is 2.28. The summed E-state index contributed by atoms with van der Waals surface area (Å²) in [6.45, 7) is 0.940. The molecule has 0 aliphatic heterocycles. The summed E-state index contributed by atoms with van der Waals surface area (Å²) in [6.07, 6.45) is 7.78. The molecule has 0 aromatic carbocycles. The summed E-state index contributed by atoms with van der Waals surface area (Å²) in [6, 6.07) is 1.77. The van der Waals surface area contributed by atoms with Crippen LogP contribution in [0.25, 0.3) is 0 Å². The Kier molecular flexibility index (Phi) is 7.81. The van der Waals surface area contributed by atoms with Gasteiger partial charge in [0.15, 0.2) is 5.16 Å². The minimum Gasteiger partial charge on any atom is -0.370 e. The molecule has 1 rings (SSSR count). The zero-order valence-electron chi connectivity index (χ0n) is 10.2. The standard InChI is InChI=1S/C11H18ClN3S2/c1-16-7-5-3-4-6-13-10-8-9(12)14-11(15-10)17-2/h8H,3-7H2,1-2H3,(H,13,14,15). The maximum absolute atomic E-state index is 5.90. The first-order valence-corrected chi connectivity index (χ1v) is 8.57. The summed E-state index contributed by atoms with van der Waals surface area (Å²) >= 11 is 9.30. The van der Waals surface area contributed by atoms with Gasteiger partial charge < -0.3 is 5.32 Å². The Bertz CT molecular complexity index is 336. The van der Waals surface area contributed by atoms with Crippen molar-refractivity contribution in [1.29, 1.82) is 0 Å². The Morgan fingerprint density at radius 3 is 2.76 bits per heavy atom. The highest BCUT2D eigenvalue weighted by molar-refractivity contribution is 7.98. The van der Waals surface area contributed by atoms with E-state index >= 15 is 0 Å². The van der Waals surface area contributed by atoms with Crippen LogP contribution in [0.2, 0.25) is 5.15 Å². The van der Waals surface area contributed by atoms with Crippen molar-refractivity contribution in [2.75, 3.05) is 30.1 Å². The summed E-state index contributed by atoms with van der Waals surface area (Å²) in [5.74, 6) is 2.06. The van der Waals surface area contributed by atoms with Crippen LogP contribution in [-0.4, -0.2) is 34.8 Å². The maximum atomic E-state index is 5.90. The minimum absolute atomic E-state index is 0.495. The van der Waals surface area contributed by atoms with Gasteiger partial charge in [0.05, 0.1) is 0 Å². The summed E-state index contributed by atoms with van der Waals surface area (Å²) in [7, 11) is 0. The van der Waals surface area contributed by atoms with Crippen LogP contribution >= 0.6 is 35.1 Å². The molecule has 0 aliphatic rings. The largest absolute Gasteiger partial charge is 0.370 e. The molecule has 0 radical (unpaired) electrons. The summed E-state index contributed by atoms with van der Waals surface area (Å²) in [5, 5.41) is 4.49. The van der Waals surface area contributed by atoms with E-state index in [0.29, 0.717) is 10.3 Å². The van der Waals surface area contributed by atoms with Crippen LogP contribution in [-0.2, 0) is 0 Å². The van der Waals surface area contributed by atoms with Crippen molar-refractivity contribution in [2.45, 2.75) is 24.4 Å². The van der Waals surface area contributed by atoms with E-state index in [2.05, 4.69) is 21.5 Å². The smallest absolute Gasteiger partial charge is 0.190 e.